The molecule has 6 heteroatoms. The summed E-state index contributed by atoms with van der Waals surface area (Å²) in [5.41, 5.74) is 7.84. The third kappa shape index (κ3) is 3.63. The number of hydrogen-bond donors (Lipinski definition) is 2. The molecule has 0 aromatic heterocycles. The van der Waals surface area contributed by atoms with Crippen LogP contribution in [-0.2, 0) is 23.1 Å². The molecule has 0 aliphatic rings. The standard InChI is InChI=1S/C15H17ClN2O2S/c1-11-12(9-17)6-4-8-15(11)21(19,20)18-10-13-5-2-3-7-14(13)16/h2-8,18H,9-10,17H2,1H3. The first kappa shape index (κ1) is 16.0. The summed E-state index contributed by atoms with van der Waals surface area (Å²) in [5.74, 6) is 0. The molecule has 0 saturated heterocycles. The Kier molecular flexibility index (Phi) is 5.00. The van der Waals surface area contributed by atoms with Crippen LogP contribution in [-0.4, -0.2) is 8.42 Å². The van der Waals surface area contributed by atoms with E-state index < -0.39 is 10.0 Å². The third-order valence-corrected chi connectivity index (χ3v) is 5.23. The summed E-state index contributed by atoms with van der Waals surface area (Å²) in [7, 11) is -3.60. The van der Waals surface area contributed by atoms with Gasteiger partial charge in [-0.15, -0.1) is 0 Å². The second-order valence-electron chi connectivity index (χ2n) is 4.66. The van der Waals surface area contributed by atoms with Crippen LogP contribution in [0.4, 0.5) is 0 Å². The van der Waals surface area contributed by atoms with Crippen LogP contribution in [0.1, 0.15) is 16.7 Å². The van der Waals surface area contributed by atoms with Gasteiger partial charge in [0, 0.05) is 18.1 Å². The van der Waals surface area contributed by atoms with Crippen molar-refractivity contribution in [3.8, 4) is 0 Å². The molecule has 4 nitrogen and oxygen atoms in total. The quantitative estimate of drug-likeness (QED) is 0.888. The molecule has 0 aliphatic carbocycles. The van der Waals surface area contributed by atoms with Gasteiger partial charge in [0.2, 0.25) is 10.0 Å². The molecule has 0 amide bonds. The lowest BCUT2D eigenvalue weighted by Gasteiger charge is -2.12. The van der Waals surface area contributed by atoms with Crippen molar-refractivity contribution < 1.29 is 8.42 Å². The van der Waals surface area contributed by atoms with Crippen molar-refractivity contribution >= 4 is 21.6 Å². The predicted molar refractivity (Wildman–Crippen MR) is 84.5 cm³/mol. The zero-order valence-corrected chi connectivity index (χ0v) is 13.2. The molecule has 0 saturated carbocycles. The van der Waals surface area contributed by atoms with Gasteiger partial charge in [-0.3, -0.25) is 0 Å². The fourth-order valence-electron chi connectivity index (χ4n) is 2.06. The number of nitrogens with one attached hydrogen (secondary N) is 1. The van der Waals surface area contributed by atoms with E-state index in [0.717, 1.165) is 11.1 Å². The van der Waals surface area contributed by atoms with Gasteiger partial charge < -0.3 is 5.73 Å². The lowest BCUT2D eigenvalue weighted by molar-refractivity contribution is 0.580. The van der Waals surface area contributed by atoms with Crippen molar-refractivity contribution in [1.29, 1.82) is 0 Å². The van der Waals surface area contributed by atoms with Crippen LogP contribution in [0.15, 0.2) is 47.4 Å². The van der Waals surface area contributed by atoms with Crippen molar-refractivity contribution in [3.05, 3.63) is 64.2 Å². The predicted octanol–water partition coefficient (Wildman–Crippen LogP) is 2.59. The third-order valence-electron chi connectivity index (χ3n) is 3.32. The highest BCUT2D eigenvalue weighted by molar-refractivity contribution is 7.89. The van der Waals surface area contributed by atoms with Crippen LogP contribution in [0.2, 0.25) is 5.02 Å². The number of benzene rings is 2. The number of sulfonamides is 1. The molecule has 112 valence electrons. The van der Waals surface area contributed by atoms with E-state index in [1.807, 2.05) is 12.1 Å². The topological polar surface area (TPSA) is 72.2 Å². The van der Waals surface area contributed by atoms with E-state index in [1.165, 1.54) is 0 Å². The maximum atomic E-state index is 12.4. The Balaban J connectivity index is 2.26. The monoisotopic (exact) mass is 324 g/mol. The van der Waals surface area contributed by atoms with Crippen LogP contribution in [0.25, 0.3) is 0 Å². The van der Waals surface area contributed by atoms with Gasteiger partial charge in [0.25, 0.3) is 0 Å². The number of nitrogens with two attached hydrogens (primary N) is 1. The number of rotatable bonds is 5. The van der Waals surface area contributed by atoms with Crippen molar-refractivity contribution in [2.75, 3.05) is 0 Å². The maximum Gasteiger partial charge on any atom is 0.241 e. The number of halogens is 1. The summed E-state index contributed by atoms with van der Waals surface area (Å²) in [6, 6.07) is 12.2. The molecule has 0 atom stereocenters. The summed E-state index contributed by atoms with van der Waals surface area (Å²) >= 11 is 6.03. The lowest BCUT2D eigenvalue weighted by atomic mass is 10.1. The van der Waals surface area contributed by atoms with E-state index >= 15 is 0 Å². The summed E-state index contributed by atoms with van der Waals surface area (Å²) in [5, 5.41) is 0.535. The van der Waals surface area contributed by atoms with E-state index in [1.54, 1.807) is 37.3 Å². The second kappa shape index (κ2) is 6.58. The minimum absolute atomic E-state index is 0.147. The summed E-state index contributed by atoms with van der Waals surface area (Å²) in [6.45, 7) is 2.21. The molecule has 0 heterocycles. The fourth-order valence-corrected chi connectivity index (χ4v) is 3.56. The lowest BCUT2D eigenvalue weighted by Crippen LogP contribution is -2.24. The molecule has 2 aromatic rings. The van der Waals surface area contributed by atoms with Crippen molar-refractivity contribution in [2.24, 2.45) is 5.73 Å². The van der Waals surface area contributed by atoms with Crippen LogP contribution >= 0.6 is 11.6 Å². The van der Waals surface area contributed by atoms with E-state index in [4.69, 9.17) is 17.3 Å². The van der Waals surface area contributed by atoms with Gasteiger partial charge in [0.15, 0.2) is 0 Å². The normalized spacial score (nSPS) is 11.6. The molecule has 0 spiro atoms. The zero-order chi connectivity index (χ0) is 15.5. The molecule has 2 aromatic carbocycles. The van der Waals surface area contributed by atoms with Gasteiger partial charge in [-0.05, 0) is 35.7 Å². The zero-order valence-electron chi connectivity index (χ0n) is 11.6. The van der Waals surface area contributed by atoms with Crippen LogP contribution in [0.3, 0.4) is 0 Å². The van der Waals surface area contributed by atoms with Crippen molar-refractivity contribution in [2.45, 2.75) is 24.9 Å². The summed E-state index contributed by atoms with van der Waals surface area (Å²) < 4.78 is 27.4. The molecule has 2 rings (SSSR count). The molecular weight excluding hydrogens is 308 g/mol. The Labute approximate surface area is 130 Å². The Morgan fingerprint density at radius 3 is 2.43 bits per heavy atom. The van der Waals surface area contributed by atoms with E-state index in [2.05, 4.69) is 4.72 Å². The minimum atomic E-state index is -3.60. The van der Waals surface area contributed by atoms with E-state index in [-0.39, 0.29) is 11.4 Å². The van der Waals surface area contributed by atoms with E-state index in [9.17, 15) is 8.42 Å². The second-order valence-corrected chi connectivity index (χ2v) is 6.80. The van der Waals surface area contributed by atoms with E-state index in [0.29, 0.717) is 17.1 Å². The SMILES string of the molecule is Cc1c(CN)cccc1S(=O)(=O)NCc1ccccc1Cl. The van der Waals surface area contributed by atoms with Gasteiger partial charge in [0.1, 0.15) is 0 Å². The van der Waals surface area contributed by atoms with Gasteiger partial charge in [0.05, 0.1) is 4.90 Å². The van der Waals surface area contributed by atoms with Crippen LogP contribution in [0.5, 0.6) is 0 Å². The molecule has 0 unspecified atom stereocenters. The summed E-state index contributed by atoms with van der Waals surface area (Å²) in [4.78, 5) is 0.248. The molecular formula is C15H17ClN2O2S. The number of hydrogen-bond acceptors (Lipinski definition) is 3. The average Bonchev–Trinajstić information content (AvgIpc) is 2.46. The van der Waals surface area contributed by atoms with Crippen molar-refractivity contribution in [3.63, 3.8) is 0 Å². The largest absolute Gasteiger partial charge is 0.326 e. The molecule has 21 heavy (non-hydrogen) atoms. The minimum Gasteiger partial charge on any atom is -0.326 e. The van der Waals surface area contributed by atoms with Crippen LogP contribution < -0.4 is 10.5 Å². The Morgan fingerprint density at radius 1 is 1.10 bits per heavy atom. The van der Waals surface area contributed by atoms with Gasteiger partial charge in [-0.2, -0.15) is 0 Å². The molecule has 3 N–H and O–H groups in total. The van der Waals surface area contributed by atoms with Gasteiger partial charge >= 0.3 is 0 Å². The van der Waals surface area contributed by atoms with Crippen molar-refractivity contribution in [1.82, 2.24) is 4.72 Å². The molecule has 0 radical (unpaired) electrons. The Morgan fingerprint density at radius 2 is 1.76 bits per heavy atom. The Hall–Kier alpha value is -1.40. The first-order chi connectivity index (χ1) is 9.95. The van der Waals surface area contributed by atoms with Crippen LogP contribution in [0, 0.1) is 6.92 Å². The van der Waals surface area contributed by atoms with Gasteiger partial charge in [-0.25, -0.2) is 13.1 Å². The fraction of sp³-hybridized carbons (Fsp3) is 0.200. The Bertz CT molecular complexity index is 745. The average molecular weight is 325 g/mol. The first-order valence-corrected chi connectivity index (χ1v) is 8.33. The highest BCUT2D eigenvalue weighted by Gasteiger charge is 2.18. The smallest absolute Gasteiger partial charge is 0.241 e. The maximum absolute atomic E-state index is 12.4. The molecule has 0 bridgehead atoms. The van der Waals surface area contributed by atoms with Gasteiger partial charge in [-0.1, -0.05) is 41.9 Å². The summed E-state index contributed by atoms with van der Waals surface area (Å²) in [6.07, 6.45) is 0. The molecule has 0 fully saturated rings. The highest BCUT2D eigenvalue weighted by atomic mass is 35.5. The highest BCUT2D eigenvalue weighted by Crippen LogP contribution is 2.20. The molecule has 0 aliphatic heterocycles. The first-order valence-electron chi connectivity index (χ1n) is 6.47.